The van der Waals surface area contributed by atoms with Gasteiger partial charge >= 0.3 is 0 Å². The number of aliphatic hydroxyl groups excluding tert-OH is 1. The first-order chi connectivity index (χ1) is 8.22. The number of hydrogen-bond acceptors (Lipinski definition) is 6. The molecule has 0 aliphatic carbocycles. The van der Waals surface area contributed by atoms with Gasteiger partial charge in [0.2, 0.25) is 0 Å². The predicted molar refractivity (Wildman–Crippen MR) is 66.9 cm³/mol. The van der Waals surface area contributed by atoms with E-state index in [1.165, 1.54) is 6.33 Å². The molecule has 0 radical (unpaired) electrons. The molecule has 0 bridgehead atoms. The molecule has 2 heterocycles. The molecule has 1 aromatic heterocycles. The van der Waals surface area contributed by atoms with E-state index in [1.54, 1.807) is 0 Å². The molecule has 1 aliphatic heterocycles. The first kappa shape index (κ1) is 12.1. The Kier molecular flexibility index (Phi) is 3.75. The molecule has 0 spiro atoms. The molecule has 17 heavy (non-hydrogen) atoms. The van der Waals surface area contributed by atoms with Crippen LogP contribution >= 0.6 is 0 Å². The van der Waals surface area contributed by atoms with Gasteiger partial charge in [-0.2, -0.15) is 0 Å². The molecule has 0 unspecified atom stereocenters. The van der Waals surface area contributed by atoms with Crippen molar-refractivity contribution in [3.05, 3.63) is 11.9 Å². The average molecular weight is 237 g/mol. The maximum absolute atomic E-state index is 8.89. The van der Waals surface area contributed by atoms with Crippen molar-refractivity contribution in [1.29, 1.82) is 0 Å². The number of β-amino-alcohol motifs (C(OH)–C–C–N with tert-alkyl or cyclic N) is 1. The number of rotatable bonds is 3. The third kappa shape index (κ3) is 2.65. The fraction of sp³-hybridized carbons (Fsp3) is 0.636. The van der Waals surface area contributed by atoms with E-state index in [0.717, 1.165) is 44.1 Å². The second-order valence-corrected chi connectivity index (χ2v) is 4.26. The molecule has 1 saturated heterocycles. The number of aliphatic hydroxyl groups is 1. The van der Waals surface area contributed by atoms with Crippen LogP contribution in [-0.2, 0) is 0 Å². The highest BCUT2D eigenvalue weighted by atomic mass is 16.3. The molecule has 0 amide bonds. The highest BCUT2D eigenvalue weighted by molar-refractivity contribution is 5.55. The SMILES string of the molecule is Cc1c(N)ncnc1N1CCN(CCO)CC1. The van der Waals surface area contributed by atoms with Crippen molar-refractivity contribution >= 4 is 11.6 Å². The monoisotopic (exact) mass is 237 g/mol. The number of anilines is 2. The maximum atomic E-state index is 8.89. The quantitative estimate of drug-likeness (QED) is 0.736. The molecule has 0 atom stereocenters. The van der Waals surface area contributed by atoms with Crippen LogP contribution < -0.4 is 10.6 Å². The Labute approximate surface area is 101 Å². The smallest absolute Gasteiger partial charge is 0.137 e. The zero-order valence-corrected chi connectivity index (χ0v) is 10.1. The predicted octanol–water partition coefficient (Wildman–Crippen LogP) is -0.518. The fourth-order valence-electron chi connectivity index (χ4n) is 2.10. The first-order valence-corrected chi connectivity index (χ1v) is 5.87. The summed E-state index contributed by atoms with van der Waals surface area (Å²) in [7, 11) is 0. The van der Waals surface area contributed by atoms with E-state index in [1.807, 2.05) is 6.92 Å². The van der Waals surface area contributed by atoms with E-state index in [0.29, 0.717) is 5.82 Å². The van der Waals surface area contributed by atoms with Crippen molar-refractivity contribution in [2.24, 2.45) is 0 Å². The topological polar surface area (TPSA) is 78.5 Å². The molecular formula is C11H19N5O. The number of piperazine rings is 1. The Balaban J connectivity index is 2.03. The van der Waals surface area contributed by atoms with E-state index in [4.69, 9.17) is 10.8 Å². The summed E-state index contributed by atoms with van der Waals surface area (Å²) < 4.78 is 0. The summed E-state index contributed by atoms with van der Waals surface area (Å²) in [5.74, 6) is 1.48. The van der Waals surface area contributed by atoms with E-state index in [2.05, 4.69) is 19.8 Å². The lowest BCUT2D eigenvalue weighted by Gasteiger charge is -2.35. The van der Waals surface area contributed by atoms with Crippen LogP contribution in [0.2, 0.25) is 0 Å². The molecule has 1 fully saturated rings. The molecule has 3 N–H and O–H groups in total. The minimum Gasteiger partial charge on any atom is -0.395 e. The zero-order valence-electron chi connectivity index (χ0n) is 10.1. The Hall–Kier alpha value is -1.40. The van der Waals surface area contributed by atoms with Gasteiger partial charge in [0, 0.05) is 38.3 Å². The highest BCUT2D eigenvalue weighted by Crippen LogP contribution is 2.20. The van der Waals surface area contributed by atoms with Gasteiger partial charge in [0.05, 0.1) is 6.61 Å². The molecule has 0 aromatic carbocycles. The van der Waals surface area contributed by atoms with Crippen LogP contribution in [-0.4, -0.2) is 59.3 Å². The average Bonchev–Trinajstić information content (AvgIpc) is 2.34. The number of nitrogen functional groups attached to an aromatic ring is 1. The molecule has 6 nitrogen and oxygen atoms in total. The number of hydrogen-bond donors (Lipinski definition) is 2. The summed E-state index contributed by atoms with van der Waals surface area (Å²) in [4.78, 5) is 12.7. The van der Waals surface area contributed by atoms with E-state index in [9.17, 15) is 0 Å². The molecule has 1 aromatic rings. The third-order valence-electron chi connectivity index (χ3n) is 3.18. The minimum absolute atomic E-state index is 0.222. The molecule has 0 saturated carbocycles. The molecule has 6 heteroatoms. The second kappa shape index (κ2) is 5.29. The van der Waals surface area contributed by atoms with Crippen LogP contribution in [0.5, 0.6) is 0 Å². The van der Waals surface area contributed by atoms with Gasteiger partial charge in [0.25, 0.3) is 0 Å². The number of nitrogens with zero attached hydrogens (tertiary/aromatic N) is 4. The van der Waals surface area contributed by atoms with Gasteiger partial charge in [-0.3, -0.25) is 4.90 Å². The van der Waals surface area contributed by atoms with Crippen LogP contribution in [0.1, 0.15) is 5.56 Å². The van der Waals surface area contributed by atoms with Crippen LogP contribution in [0.15, 0.2) is 6.33 Å². The van der Waals surface area contributed by atoms with Gasteiger partial charge in [-0.05, 0) is 6.92 Å². The number of aromatic nitrogens is 2. The number of nitrogens with two attached hydrogens (primary N) is 1. The van der Waals surface area contributed by atoms with Gasteiger partial charge in [-0.1, -0.05) is 0 Å². The Bertz CT molecular complexity index is 376. The van der Waals surface area contributed by atoms with Gasteiger partial charge in [0.15, 0.2) is 0 Å². The second-order valence-electron chi connectivity index (χ2n) is 4.26. The van der Waals surface area contributed by atoms with Gasteiger partial charge in [0.1, 0.15) is 18.0 Å². The Morgan fingerprint density at radius 3 is 2.65 bits per heavy atom. The standard InChI is InChI=1S/C11H19N5O/c1-9-10(12)13-8-14-11(9)16-4-2-15(3-5-16)6-7-17/h8,17H,2-7H2,1H3,(H2,12,13,14). The zero-order chi connectivity index (χ0) is 12.3. The van der Waals surface area contributed by atoms with Gasteiger partial charge in [-0.15, -0.1) is 0 Å². The van der Waals surface area contributed by atoms with Crippen LogP contribution in [0.25, 0.3) is 0 Å². The van der Waals surface area contributed by atoms with Crippen molar-refractivity contribution in [2.45, 2.75) is 6.92 Å². The molecule has 94 valence electrons. The fourth-order valence-corrected chi connectivity index (χ4v) is 2.10. The van der Waals surface area contributed by atoms with Crippen LogP contribution in [0.3, 0.4) is 0 Å². The summed E-state index contributed by atoms with van der Waals surface area (Å²) in [5, 5.41) is 8.89. The van der Waals surface area contributed by atoms with Crippen molar-refractivity contribution in [3.63, 3.8) is 0 Å². The Morgan fingerprint density at radius 1 is 1.29 bits per heavy atom. The molecular weight excluding hydrogens is 218 g/mol. The van der Waals surface area contributed by atoms with Crippen LogP contribution in [0.4, 0.5) is 11.6 Å². The third-order valence-corrected chi connectivity index (χ3v) is 3.18. The largest absolute Gasteiger partial charge is 0.395 e. The summed E-state index contributed by atoms with van der Waals surface area (Å²) in [5.41, 5.74) is 6.73. The normalized spacial score (nSPS) is 17.4. The van der Waals surface area contributed by atoms with Crippen molar-refractivity contribution in [1.82, 2.24) is 14.9 Å². The lowest BCUT2D eigenvalue weighted by atomic mass is 10.2. The highest BCUT2D eigenvalue weighted by Gasteiger charge is 2.19. The molecule has 1 aliphatic rings. The summed E-state index contributed by atoms with van der Waals surface area (Å²) in [6.45, 7) is 6.64. The lowest BCUT2D eigenvalue weighted by Crippen LogP contribution is -2.47. The van der Waals surface area contributed by atoms with E-state index < -0.39 is 0 Å². The van der Waals surface area contributed by atoms with Gasteiger partial charge in [-0.25, -0.2) is 9.97 Å². The summed E-state index contributed by atoms with van der Waals surface area (Å²) >= 11 is 0. The summed E-state index contributed by atoms with van der Waals surface area (Å²) in [6.07, 6.45) is 1.51. The Morgan fingerprint density at radius 2 is 2.00 bits per heavy atom. The minimum atomic E-state index is 0.222. The van der Waals surface area contributed by atoms with E-state index in [-0.39, 0.29) is 6.61 Å². The van der Waals surface area contributed by atoms with Crippen molar-refractivity contribution < 1.29 is 5.11 Å². The molecule has 2 rings (SSSR count). The van der Waals surface area contributed by atoms with Gasteiger partial charge < -0.3 is 15.7 Å². The van der Waals surface area contributed by atoms with Crippen LogP contribution in [0, 0.1) is 6.92 Å². The maximum Gasteiger partial charge on any atom is 0.137 e. The lowest BCUT2D eigenvalue weighted by molar-refractivity contribution is 0.188. The first-order valence-electron chi connectivity index (χ1n) is 5.87. The van der Waals surface area contributed by atoms with E-state index >= 15 is 0 Å². The van der Waals surface area contributed by atoms with Crippen molar-refractivity contribution in [3.8, 4) is 0 Å². The summed E-state index contributed by atoms with van der Waals surface area (Å²) in [6, 6.07) is 0. The van der Waals surface area contributed by atoms with Crippen molar-refractivity contribution in [2.75, 3.05) is 50.0 Å².